The third kappa shape index (κ3) is 3.33. The third-order valence-corrected chi connectivity index (χ3v) is 3.23. The first-order valence-electron chi connectivity index (χ1n) is 6.36. The summed E-state index contributed by atoms with van der Waals surface area (Å²) in [4.78, 5) is 23.8. The number of alkyl halides is 1. The van der Waals surface area contributed by atoms with E-state index in [9.17, 15) is 14.0 Å². The number of halogens is 2. The van der Waals surface area contributed by atoms with Gasteiger partial charge in [-0.3, -0.25) is 0 Å². The molecular weight excluding hydrogens is 299 g/mol. The van der Waals surface area contributed by atoms with Crippen LogP contribution in [-0.2, 0) is 9.53 Å². The van der Waals surface area contributed by atoms with Crippen LogP contribution in [0.3, 0.4) is 0 Å². The second kappa shape index (κ2) is 6.58. The van der Waals surface area contributed by atoms with Crippen molar-refractivity contribution in [2.75, 3.05) is 12.5 Å². The number of rotatable bonds is 4. The molecule has 1 aliphatic heterocycles. The molecule has 0 aromatic heterocycles. The average Bonchev–Trinajstić information content (AvgIpc) is 2.46. The summed E-state index contributed by atoms with van der Waals surface area (Å²) in [5.74, 6) is -1.13. The van der Waals surface area contributed by atoms with Gasteiger partial charge in [0.25, 0.3) is 0 Å². The van der Waals surface area contributed by atoms with Gasteiger partial charge in [0.15, 0.2) is 0 Å². The fourth-order valence-electron chi connectivity index (χ4n) is 2.11. The summed E-state index contributed by atoms with van der Waals surface area (Å²) in [6.45, 7) is 1.85. The molecule has 2 rings (SSSR count). The highest BCUT2D eigenvalue weighted by molar-refractivity contribution is 6.20. The number of nitrogens with one attached hydrogen (secondary N) is 2. The lowest BCUT2D eigenvalue weighted by Gasteiger charge is -2.28. The number of ether oxygens (including phenoxy) is 1. The van der Waals surface area contributed by atoms with E-state index in [1.54, 1.807) is 13.0 Å². The number of carbonyl (C=O) groups is 2. The Balaban J connectivity index is 2.49. The highest BCUT2D eigenvalue weighted by Gasteiger charge is 2.33. The summed E-state index contributed by atoms with van der Waals surface area (Å²) in [7, 11) is 0. The van der Waals surface area contributed by atoms with Crippen LogP contribution in [0, 0.1) is 5.82 Å². The van der Waals surface area contributed by atoms with Gasteiger partial charge < -0.3 is 15.4 Å². The van der Waals surface area contributed by atoms with Gasteiger partial charge in [0.2, 0.25) is 0 Å². The Kier molecular flexibility index (Phi) is 4.80. The van der Waals surface area contributed by atoms with Crippen LogP contribution in [0.15, 0.2) is 35.5 Å². The van der Waals surface area contributed by atoms with Crippen LogP contribution in [0.5, 0.6) is 0 Å². The van der Waals surface area contributed by atoms with E-state index in [4.69, 9.17) is 16.3 Å². The second-order valence-electron chi connectivity index (χ2n) is 4.33. The average molecular weight is 313 g/mol. The topological polar surface area (TPSA) is 67.4 Å². The number of urea groups is 1. The first-order chi connectivity index (χ1) is 10.1. The molecule has 5 nitrogen and oxygen atoms in total. The monoisotopic (exact) mass is 312 g/mol. The fraction of sp³-hybridized carbons (Fsp3) is 0.286. The summed E-state index contributed by atoms with van der Waals surface area (Å²) >= 11 is 5.79. The number of esters is 1. The zero-order chi connectivity index (χ0) is 15.4. The van der Waals surface area contributed by atoms with Gasteiger partial charge in [-0.05, 0) is 24.6 Å². The fourth-order valence-corrected chi connectivity index (χ4v) is 2.32. The summed E-state index contributed by atoms with van der Waals surface area (Å²) in [5.41, 5.74) is 0.876. The molecule has 1 aromatic carbocycles. The number of allylic oxidation sites excluding steroid dienone is 1. The van der Waals surface area contributed by atoms with E-state index >= 15 is 0 Å². The number of hydrogen-bond donors (Lipinski definition) is 2. The van der Waals surface area contributed by atoms with Crippen LogP contribution >= 0.6 is 11.6 Å². The van der Waals surface area contributed by atoms with Crippen LogP contribution in [0.1, 0.15) is 18.5 Å². The normalized spacial score (nSPS) is 18.0. The van der Waals surface area contributed by atoms with Gasteiger partial charge in [-0.2, -0.15) is 0 Å². The molecule has 7 heteroatoms. The molecule has 0 spiro atoms. The van der Waals surface area contributed by atoms with Crippen LogP contribution < -0.4 is 10.6 Å². The molecule has 1 heterocycles. The zero-order valence-corrected chi connectivity index (χ0v) is 12.0. The maximum absolute atomic E-state index is 13.4. The van der Waals surface area contributed by atoms with Gasteiger partial charge in [0.05, 0.1) is 24.1 Å². The molecule has 0 aliphatic carbocycles. The molecule has 1 atom stereocenters. The van der Waals surface area contributed by atoms with Crippen molar-refractivity contribution in [1.82, 2.24) is 10.6 Å². The maximum atomic E-state index is 13.4. The van der Waals surface area contributed by atoms with Gasteiger partial charge in [0, 0.05) is 5.70 Å². The Bertz CT molecular complexity index is 604. The van der Waals surface area contributed by atoms with Crippen LogP contribution in [0.4, 0.5) is 9.18 Å². The molecule has 0 saturated heterocycles. The van der Waals surface area contributed by atoms with Crippen molar-refractivity contribution in [3.8, 4) is 0 Å². The van der Waals surface area contributed by atoms with Crippen molar-refractivity contribution in [2.24, 2.45) is 0 Å². The largest absolute Gasteiger partial charge is 0.463 e. The van der Waals surface area contributed by atoms with Crippen molar-refractivity contribution in [3.63, 3.8) is 0 Å². The molecular formula is C14H14ClFN2O3. The van der Waals surface area contributed by atoms with Gasteiger partial charge in [-0.15, -0.1) is 11.6 Å². The standard InChI is InChI=1S/C14H14ClFN2O3/c1-2-21-13(19)11-10(7-15)17-14(20)18-12(11)8-4-3-5-9(16)6-8/h3-6,12H,2,7H2,1H3,(H2,17,18,20)/t12-/m0/s1. The van der Waals surface area contributed by atoms with E-state index < -0.39 is 23.9 Å². The molecule has 1 aromatic rings. The summed E-state index contributed by atoms with van der Waals surface area (Å²) in [6.07, 6.45) is 0. The van der Waals surface area contributed by atoms with Gasteiger partial charge in [-0.1, -0.05) is 12.1 Å². The quantitative estimate of drug-likeness (QED) is 0.662. The third-order valence-electron chi connectivity index (χ3n) is 2.96. The Morgan fingerprint density at radius 1 is 1.48 bits per heavy atom. The number of amides is 2. The number of hydrogen-bond acceptors (Lipinski definition) is 3. The molecule has 21 heavy (non-hydrogen) atoms. The van der Waals surface area contributed by atoms with Crippen LogP contribution in [-0.4, -0.2) is 24.5 Å². The molecule has 2 amide bonds. The minimum atomic E-state index is -0.803. The van der Waals surface area contributed by atoms with Crippen molar-refractivity contribution in [1.29, 1.82) is 0 Å². The molecule has 0 radical (unpaired) electrons. The predicted molar refractivity (Wildman–Crippen MR) is 75.2 cm³/mol. The Hall–Kier alpha value is -2.08. The zero-order valence-electron chi connectivity index (χ0n) is 11.3. The summed E-state index contributed by atoms with van der Waals surface area (Å²) in [5, 5.41) is 5.05. The summed E-state index contributed by atoms with van der Waals surface area (Å²) < 4.78 is 18.4. The number of benzene rings is 1. The molecule has 2 N–H and O–H groups in total. The lowest BCUT2D eigenvalue weighted by Crippen LogP contribution is -2.46. The molecule has 112 valence electrons. The lowest BCUT2D eigenvalue weighted by molar-refractivity contribution is -0.139. The minimum Gasteiger partial charge on any atom is -0.463 e. The van der Waals surface area contributed by atoms with Crippen molar-refractivity contribution >= 4 is 23.6 Å². The van der Waals surface area contributed by atoms with Crippen molar-refractivity contribution < 1.29 is 18.7 Å². The van der Waals surface area contributed by atoms with Gasteiger partial charge in [0.1, 0.15) is 5.82 Å². The molecule has 0 bridgehead atoms. The van der Waals surface area contributed by atoms with Gasteiger partial charge in [-0.25, -0.2) is 14.0 Å². The second-order valence-corrected chi connectivity index (χ2v) is 4.60. The highest BCUT2D eigenvalue weighted by atomic mass is 35.5. The SMILES string of the molecule is CCOC(=O)C1=C(CCl)NC(=O)N[C@H]1c1cccc(F)c1. The highest BCUT2D eigenvalue weighted by Crippen LogP contribution is 2.28. The van der Waals surface area contributed by atoms with Crippen molar-refractivity contribution in [3.05, 3.63) is 46.9 Å². The van der Waals surface area contributed by atoms with Crippen molar-refractivity contribution in [2.45, 2.75) is 13.0 Å². The predicted octanol–water partition coefficient (Wildman–Crippen LogP) is 2.24. The number of carbonyl (C=O) groups excluding carboxylic acids is 2. The molecule has 0 unspecified atom stereocenters. The smallest absolute Gasteiger partial charge is 0.338 e. The minimum absolute atomic E-state index is 0.0621. The molecule has 1 aliphatic rings. The van der Waals surface area contributed by atoms with Crippen LogP contribution in [0.25, 0.3) is 0 Å². The Morgan fingerprint density at radius 2 is 2.24 bits per heavy atom. The van der Waals surface area contributed by atoms with Crippen LogP contribution in [0.2, 0.25) is 0 Å². The van der Waals surface area contributed by atoms with E-state index in [-0.39, 0.29) is 23.8 Å². The molecule has 0 fully saturated rings. The van der Waals surface area contributed by atoms with Gasteiger partial charge >= 0.3 is 12.0 Å². The molecule has 0 saturated carbocycles. The Morgan fingerprint density at radius 3 is 2.86 bits per heavy atom. The lowest BCUT2D eigenvalue weighted by atomic mass is 9.95. The van der Waals surface area contributed by atoms with E-state index in [1.165, 1.54) is 18.2 Å². The summed E-state index contributed by atoms with van der Waals surface area (Å²) in [6, 6.07) is 4.34. The van der Waals surface area contributed by atoms with E-state index in [2.05, 4.69) is 10.6 Å². The Labute approximate surface area is 126 Å². The van der Waals surface area contributed by atoms with E-state index in [0.717, 1.165) is 0 Å². The first-order valence-corrected chi connectivity index (χ1v) is 6.89. The maximum Gasteiger partial charge on any atom is 0.338 e. The van der Waals surface area contributed by atoms with E-state index in [1.807, 2.05) is 0 Å². The first kappa shape index (κ1) is 15.3. The van der Waals surface area contributed by atoms with E-state index in [0.29, 0.717) is 5.56 Å².